The van der Waals surface area contributed by atoms with Crippen molar-refractivity contribution in [3.05, 3.63) is 0 Å². The van der Waals surface area contributed by atoms with Gasteiger partial charge in [-0.25, -0.2) is 0 Å². The predicted octanol–water partition coefficient (Wildman–Crippen LogP) is 5.61. The molecule has 1 saturated heterocycles. The molecule has 4 saturated carbocycles. The minimum absolute atomic E-state index is 0.105. The third-order valence-electron chi connectivity index (χ3n) is 10.6. The first kappa shape index (κ1) is 25.3. The van der Waals surface area contributed by atoms with E-state index >= 15 is 0 Å². The Labute approximate surface area is 212 Å². The second kappa shape index (κ2) is 10.9. The van der Waals surface area contributed by atoms with Crippen LogP contribution in [-0.4, -0.2) is 53.6 Å². The molecule has 5 rings (SSSR count). The van der Waals surface area contributed by atoms with E-state index in [4.69, 9.17) is 0 Å². The van der Waals surface area contributed by atoms with Crippen molar-refractivity contribution < 1.29 is 14.4 Å². The molecular formula is C30H48N2O3. The molecule has 2 atom stereocenters. The molecule has 5 heteroatoms. The van der Waals surface area contributed by atoms with Crippen LogP contribution in [0.25, 0.3) is 0 Å². The van der Waals surface area contributed by atoms with E-state index in [1.165, 1.54) is 57.8 Å². The molecule has 2 unspecified atom stereocenters. The molecule has 0 bridgehead atoms. The van der Waals surface area contributed by atoms with Crippen molar-refractivity contribution in [1.29, 1.82) is 0 Å². The Kier molecular flexibility index (Phi) is 7.89. The van der Waals surface area contributed by atoms with Crippen LogP contribution in [0.4, 0.5) is 0 Å². The highest BCUT2D eigenvalue weighted by atomic mass is 16.2. The Hall–Kier alpha value is -1.39. The van der Waals surface area contributed by atoms with Crippen LogP contribution in [-0.2, 0) is 14.4 Å². The molecule has 1 heterocycles. The van der Waals surface area contributed by atoms with Gasteiger partial charge in [0.1, 0.15) is 5.78 Å². The van der Waals surface area contributed by atoms with Gasteiger partial charge >= 0.3 is 0 Å². The topological polar surface area (TPSA) is 57.7 Å². The van der Waals surface area contributed by atoms with E-state index in [-0.39, 0.29) is 11.3 Å². The summed E-state index contributed by atoms with van der Waals surface area (Å²) < 4.78 is 0. The van der Waals surface area contributed by atoms with Crippen molar-refractivity contribution in [3.63, 3.8) is 0 Å². The molecule has 0 aromatic rings. The maximum atomic E-state index is 13.2. The van der Waals surface area contributed by atoms with Gasteiger partial charge in [0.05, 0.1) is 0 Å². The molecule has 4 aliphatic carbocycles. The minimum Gasteiger partial charge on any atom is -0.339 e. The van der Waals surface area contributed by atoms with Gasteiger partial charge in [0.25, 0.3) is 0 Å². The lowest BCUT2D eigenvalue weighted by Gasteiger charge is -2.41. The number of piperazine rings is 1. The lowest BCUT2D eigenvalue weighted by atomic mass is 9.67. The fraction of sp³-hybridized carbons (Fsp3) is 0.900. The molecule has 0 aromatic carbocycles. The van der Waals surface area contributed by atoms with Crippen molar-refractivity contribution in [2.45, 2.75) is 110 Å². The van der Waals surface area contributed by atoms with Crippen molar-refractivity contribution in [2.24, 2.45) is 35.0 Å². The standard InChI is InChI=1S/C30H48N2O3/c1-30(14-15-30)29(35)32-18-16-31(17-19-32)28(34)25-12-10-23(11-13-25)26-9-5-6-22(20-26)21-27(33)24-7-3-2-4-8-24/h22-26H,2-21H2,1H3. The van der Waals surface area contributed by atoms with Gasteiger partial charge in [-0.3, -0.25) is 14.4 Å². The van der Waals surface area contributed by atoms with Crippen molar-refractivity contribution in [2.75, 3.05) is 26.2 Å². The fourth-order valence-corrected chi connectivity index (χ4v) is 7.83. The van der Waals surface area contributed by atoms with Gasteiger partial charge in [-0.05, 0) is 75.5 Å². The molecule has 0 N–H and O–H groups in total. The van der Waals surface area contributed by atoms with Crippen LogP contribution in [0.3, 0.4) is 0 Å². The minimum atomic E-state index is -0.105. The maximum Gasteiger partial charge on any atom is 0.228 e. The van der Waals surface area contributed by atoms with Crippen molar-refractivity contribution in [1.82, 2.24) is 9.80 Å². The average molecular weight is 485 g/mol. The number of Topliss-reactive ketones (excluding diaryl/α,β-unsaturated/α-hetero) is 1. The molecule has 196 valence electrons. The summed E-state index contributed by atoms with van der Waals surface area (Å²) in [5.41, 5.74) is -0.105. The molecule has 0 spiro atoms. The molecule has 5 fully saturated rings. The largest absolute Gasteiger partial charge is 0.339 e. The van der Waals surface area contributed by atoms with Gasteiger partial charge in [-0.15, -0.1) is 0 Å². The highest BCUT2D eigenvalue weighted by Crippen LogP contribution is 2.47. The van der Waals surface area contributed by atoms with Crippen LogP contribution in [0.1, 0.15) is 110 Å². The second-order valence-corrected chi connectivity index (χ2v) is 13.1. The molecule has 35 heavy (non-hydrogen) atoms. The zero-order valence-electron chi connectivity index (χ0n) is 22.1. The highest BCUT2D eigenvalue weighted by Gasteiger charge is 2.47. The fourth-order valence-electron chi connectivity index (χ4n) is 7.83. The highest BCUT2D eigenvalue weighted by molar-refractivity contribution is 5.85. The number of ketones is 1. The van der Waals surface area contributed by atoms with Crippen LogP contribution in [0.15, 0.2) is 0 Å². The summed E-state index contributed by atoms with van der Waals surface area (Å²) in [4.78, 5) is 42.7. The van der Waals surface area contributed by atoms with Crippen LogP contribution < -0.4 is 0 Å². The maximum absolute atomic E-state index is 13.2. The number of nitrogens with zero attached hydrogens (tertiary/aromatic N) is 2. The third kappa shape index (κ3) is 5.96. The molecule has 2 amide bonds. The number of carbonyl (C=O) groups excluding carboxylic acids is 3. The number of amides is 2. The van der Waals surface area contributed by atoms with Crippen LogP contribution in [0, 0.1) is 35.0 Å². The van der Waals surface area contributed by atoms with Gasteiger partial charge in [0.2, 0.25) is 11.8 Å². The predicted molar refractivity (Wildman–Crippen MR) is 138 cm³/mol. The quantitative estimate of drug-likeness (QED) is 0.492. The Morgan fingerprint density at radius 3 is 2.00 bits per heavy atom. The number of rotatable bonds is 6. The van der Waals surface area contributed by atoms with Crippen molar-refractivity contribution >= 4 is 17.6 Å². The Morgan fingerprint density at radius 2 is 1.34 bits per heavy atom. The first-order chi connectivity index (χ1) is 16.9. The van der Waals surface area contributed by atoms with Gasteiger partial charge in [0.15, 0.2) is 0 Å². The smallest absolute Gasteiger partial charge is 0.228 e. The zero-order chi connectivity index (χ0) is 24.4. The van der Waals surface area contributed by atoms with E-state index in [9.17, 15) is 14.4 Å². The molecular weight excluding hydrogens is 436 g/mol. The third-order valence-corrected chi connectivity index (χ3v) is 10.6. The monoisotopic (exact) mass is 484 g/mol. The Bertz CT molecular complexity index is 768. The van der Waals surface area contributed by atoms with Gasteiger partial charge in [-0.2, -0.15) is 0 Å². The Morgan fingerprint density at radius 1 is 0.686 bits per heavy atom. The summed E-state index contributed by atoms with van der Waals surface area (Å²) in [7, 11) is 0. The summed E-state index contributed by atoms with van der Waals surface area (Å²) in [5.74, 6) is 3.88. The summed E-state index contributed by atoms with van der Waals surface area (Å²) in [6.45, 7) is 4.91. The average Bonchev–Trinajstić information content (AvgIpc) is 3.67. The summed E-state index contributed by atoms with van der Waals surface area (Å²) in [6, 6.07) is 0. The molecule has 1 aliphatic heterocycles. The van der Waals surface area contributed by atoms with E-state index in [1.54, 1.807) is 0 Å². The second-order valence-electron chi connectivity index (χ2n) is 13.1. The SMILES string of the molecule is CC1(C(=O)N2CCN(C(=O)C3CCC(C4CCCC(CC(=O)C5CCCCC5)C4)CC3)CC2)CC1. The van der Waals surface area contributed by atoms with Crippen LogP contribution in [0.2, 0.25) is 0 Å². The normalized spacial score (nSPS) is 33.9. The molecule has 0 radical (unpaired) electrons. The summed E-state index contributed by atoms with van der Waals surface area (Å²) >= 11 is 0. The number of carbonyl (C=O) groups is 3. The van der Waals surface area contributed by atoms with E-state index in [1.807, 2.05) is 9.80 Å². The Balaban J connectivity index is 1.04. The summed E-state index contributed by atoms with van der Waals surface area (Å²) in [6.07, 6.45) is 18.5. The first-order valence-corrected chi connectivity index (χ1v) is 15.0. The lowest BCUT2D eigenvalue weighted by Crippen LogP contribution is -2.53. The lowest BCUT2D eigenvalue weighted by molar-refractivity contribution is -0.145. The van der Waals surface area contributed by atoms with Crippen LogP contribution >= 0.6 is 0 Å². The van der Waals surface area contributed by atoms with Gasteiger partial charge in [0, 0.05) is 49.9 Å². The van der Waals surface area contributed by atoms with E-state index in [0.717, 1.165) is 56.8 Å². The van der Waals surface area contributed by atoms with Crippen molar-refractivity contribution in [3.8, 4) is 0 Å². The first-order valence-electron chi connectivity index (χ1n) is 15.0. The van der Waals surface area contributed by atoms with Gasteiger partial charge in [-0.1, -0.05) is 45.4 Å². The molecule has 5 aliphatic rings. The van der Waals surface area contributed by atoms with E-state index in [0.29, 0.717) is 55.6 Å². The molecule has 5 nitrogen and oxygen atoms in total. The van der Waals surface area contributed by atoms with E-state index in [2.05, 4.69) is 6.92 Å². The van der Waals surface area contributed by atoms with Gasteiger partial charge < -0.3 is 9.80 Å². The number of hydrogen-bond acceptors (Lipinski definition) is 3. The van der Waals surface area contributed by atoms with Crippen LogP contribution in [0.5, 0.6) is 0 Å². The zero-order valence-corrected chi connectivity index (χ0v) is 22.1. The number of hydrogen-bond donors (Lipinski definition) is 0. The summed E-state index contributed by atoms with van der Waals surface area (Å²) in [5, 5.41) is 0. The molecule has 0 aromatic heterocycles. The van der Waals surface area contributed by atoms with E-state index < -0.39 is 0 Å².